The summed E-state index contributed by atoms with van der Waals surface area (Å²) in [5, 5.41) is 43.4. The first-order valence-electron chi connectivity index (χ1n) is 9.72. The number of carboxylic acid groups (broad SMARTS) is 1. The molecule has 0 aliphatic rings. The van der Waals surface area contributed by atoms with Gasteiger partial charge in [-0.1, -0.05) is 0 Å². The molecule has 0 aliphatic carbocycles. The van der Waals surface area contributed by atoms with Gasteiger partial charge in [-0.3, -0.25) is 13.9 Å². The lowest BCUT2D eigenvalue weighted by atomic mass is 10.3. The number of phenolic OH excluding ortho intramolecular Hbond substituents is 3. The Morgan fingerprint density at radius 1 is 0.657 bits per heavy atom. The summed E-state index contributed by atoms with van der Waals surface area (Å²) in [5.74, 6) is -0.151. The van der Waals surface area contributed by atoms with Crippen molar-refractivity contribution in [2.75, 3.05) is 36.6 Å². The van der Waals surface area contributed by atoms with Crippen LogP contribution in [0.25, 0.3) is 0 Å². The number of anilines is 3. The van der Waals surface area contributed by atoms with Crippen LogP contribution < -0.4 is 16.0 Å². The van der Waals surface area contributed by atoms with Crippen molar-refractivity contribution in [3.8, 4) is 17.2 Å². The van der Waals surface area contributed by atoms with Gasteiger partial charge in [-0.05, 0) is 72.8 Å². The van der Waals surface area contributed by atoms with Gasteiger partial charge in [-0.2, -0.15) is 8.42 Å². The van der Waals surface area contributed by atoms with Gasteiger partial charge in [0.25, 0.3) is 0 Å². The van der Waals surface area contributed by atoms with Gasteiger partial charge in [0.2, 0.25) is 0 Å². The molecule has 35 heavy (non-hydrogen) atoms. The largest absolute Gasteiger partial charge is 0.508 e. The molecule has 0 heterocycles. The minimum Gasteiger partial charge on any atom is -0.508 e. The molecule has 0 aliphatic heterocycles. The molecular formula is C22H29N3O9S. The average molecular weight is 512 g/mol. The maximum atomic E-state index is 10.1. The standard InChI is InChI=1S/C8H9NO3.2C7H9NO.H2O4S/c10-7-3-1-6(2-4-7)9-5-8(11)12;2*1-8-6-2-4-7(9)5-3-6;1-5(2,3)4/h1-4,9-10H,5H2,(H,11,12);2*2-5,8-9H,1H3;(H2,1,2,3,4). The summed E-state index contributed by atoms with van der Waals surface area (Å²) in [6.07, 6.45) is 0. The smallest absolute Gasteiger partial charge is 0.394 e. The van der Waals surface area contributed by atoms with E-state index in [9.17, 15) is 4.79 Å². The summed E-state index contributed by atoms with van der Waals surface area (Å²) in [5.41, 5.74) is 2.69. The summed E-state index contributed by atoms with van der Waals surface area (Å²) in [6, 6.07) is 20.0. The highest BCUT2D eigenvalue weighted by Crippen LogP contribution is 2.14. The average Bonchev–Trinajstić information content (AvgIpc) is 2.79. The highest BCUT2D eigenvalue weighted by atomic mass is 32.3. The zero-order valence-electron chi connectivity index (χ0n) is 19.0. The first kappa shape index (κ1) is 30.8. The minimum absolute atomic E-state index is 0.120. The quantitative estimate of drug-likeness (QED) is 0.179. The van der Waals surface area contributed by atoms with E-state index >= 15 is 0 Å². The third-order valence-electron chi connectivity index (χ3n) is 3.62. The van der Waals surface area contributed by atoms with Gasteiger partial charge in [-0.15, -0.1) is 0 Å². The number of carboxylic acids is 1. The number of carbonyl (C=O) groups is 1. The topological polar surface area (TPSA) is 209 Å². The molecule has 0 fully saturated rings. The molecule has 0 spiro atoms. The van der Waals surface area contributed by atoms with Gasteiger partial charge in [0.05, 0.1) is 0 Å². The lowest BCUT2D eigenvalue weighted by Gasteiger charge is -2.01. The molecule has 0 saturated heterocycles. The molecule has 3 aromatic rings. The summed E-state index contributed by atoms with van der Waals surface area (Å²) >= 11 is 0. The van der Waals surface area contributed by atoms with Gasteiger partial charge in [-0.25, -0.2) is 0 Å². The number of nitrogens with one attached hydrogen (secondary N) is 3. The molecule has 0 aromatic heterocycles. The van der Waals surface area contributed by atoms with Crippen molar-refractivity contribution in [1.29, 1.82) is 0 Å². The van der Waals surface area contributed by atoms with E-state index in [1.165, 1.54) is 12.1 Å². The third-order valence-corrected chi connectivity index (χ3v) is 3.62. The predicted octanol–water partition coefficient (Wildman–Crippen LogP) is 3.10. The number of rotatable bonds is 5. The van der Waals surface area contributed by atoms with Crippen LogP contribution in [-0.2, 0) is 15.2 Å². The van der Waals surface area contributed by atoms with Gasteiger partial charge < -0.3 is 36.4 Å². The number of aromatic hydroxyl groups is 3. The van der Waals surface area contributed by atoms with Gasteiger partial charge >= 0.3 is 16.4 Å². The molecule has 9 N–H and O–H groups in total. The van der Waals surface area contributed by atoms with Crippen LogP contribution in [0.3, 0.4) is 0 Å². The van der Waals surface area contributed by atoms with Crippen LogP contribution in [0.1, 0.15) is 0 Å². The van der Waals surface area contributed by atoms with Crippen molar-refractivity contribution in [2.45, 2.75) is 0 Å². The van der Waals surface area contributed by atoms with E-state index in [0.29, 0.717) is 17.2 Å². The summed E-state index contributed by atoms with van der Waals surface area (Å²) in [6.45, 7) is -0.120. The number of phenols is 3. The Labute approximate surface area is 203 Å². The molecular weight excluding hydrogens is 482 g/mol. The number of aliphatic carboxylic acids is 1. The number of hydrogen-bond acceptors (Lipinski definition) is 9. The van der Waals surface area contributed by atoms with Crippen molar-refractivity contribution < 1.29 is 42.7 Å². The molecule has 13 heteroatoms. The monoisotopic (exact) mass is 511 g/mol. The minimum atomic E-state index is -4.67. The normalized spacial score (nSPS) is 9.49. The number of hydrogen-bond donors (Lipinski definition) is 9. The molecule has 0 bridgehead atoms. The Kier molecular flexibility index (Phi) is 14.4. The lowest BCUT2D eigenvalue weighted by molar-refractivity contribution is -0.134. The zero-order chi connectivity index (χ0) is 26.9. The summed E-state index contributed by atoms with van der Waals surface area (Å²) in [7, 11) is -0.987. The van der Waals surface area contributed by atoms with Crippen molar-refractivity contribution >= 4 is 33.4 Å². The Bertz CT molecular complexity index is 1040. The molecule has 0 unspecified atom stereocenters. The molecule has 0 saturated carbocycles. The maximum Gasteiger partial charge on any atom is 0.394 e. The third kappa shape index (κ3) is 19.0. The highest BCUT2D eigenvalue weighted by Gasteiger charge is 1.96. The van der Waals surface area contributed by atoms with Crippen LogP contribution in [0.4, 0.5) is 17.1 Å². The van der Waals surface area contributed by atoms with E-state index in [0.717, 1.165) is 11.4 Å². The van der Waals surface area contributed by atoms with E-state index in [4.69, 9.17) is 37.9 Å². The first-order chi connectivity index (χ1) is 16.3. The van der Waals surface area contributed by atoms with E-state index in [1.54, 1.807) is 36.4 Å². The van der Waals surface area contributed by atoms with Crippen LogP contribution in [0, 0.1) is 0 Å². The van der Waals surface area contributed by atoms with Crippen LogP contribution >= 0.6 is 0 Å². The molecule has 12 nitrogen and oxygen atoms in total. The van der Waals surface area contributed by atoms with Crippen LogP contribution in [0.5, 0.6) is 17.2 Å². The Balaban J connectivity index is 0.000000458. The number of benzene rings is 3. The fourth-order valence-corrected chi connectivity index (χ4v) is 2.01. The van der Waals surface area contributed by atoms with Crippen molar-refractivity contribution in [3.05, 3.63) is 72.8 Å². The molecule has 3 aromatic carbocycles. The highest BCUT2D eigenvalue weighted by molar-refractivity contribution is 7.79. The second kappa shape index (κ2) is 16.4. The van der Waals surface area contributed by atoms with Crippen molar-refractivity contribution in [1.82, 2.24) is 0 Å². The van der Waals surface area contributed by atoms with Gasteiger partial charge in [0, 0.05) is 31.2 Å². The summed E-state index contributed by atoms with van der Waals surface area (Å²) in [4.78, 5) is 10.1. The van der Waals surface area contributed by atoms with Gasteiger partial charge in [0.15, 0.2) is 0 Å². The second-order valence-electron chi connectivity index (χ2n) is 6.34. The molecule has 0 atom stereocenters. The Hall–Kier alpha value is -4.20. The molecule has 192 valence electrons. The molecule has 0 radical (unpaired) electrons. The molecule has 3 rings (SSSR count). The fraction of sp³-hybridized carbons (Fsp3) is 0.136. The Morgan fingerprint density at radius 2 is 0.914 bits per heavy atom. The van der Waals surface area contributed by atoms with Crippen molar-refractivity contribution in [2.24, 2.45) is 0 Å². The second-order valence-corrected chi connectivity index (χ2v) is 7.23. The van der Waals surface area contributed by atoms with Crippen LogP contribution in [0.15, 0.2) is 72.8 Å². The molecule has 0 amide bonds. The Morgan fingerprint density at radius 3 is 1.14 bits per heavy atom. The van der Waals surface area contributed by atoms with E-state index in [-0.39, 0.29) is 12.3 Å². The van der Waals surface area contributed by atoms with E-state index < -0.39 is 16.4 Å². The van der Waals surface area contributed by atoms with E-state index in [2.05, 4.69) is 16.0 Å². The summed E-state index contributed by atoms with van der Waals surface area (Å²) < 4.78 is 31.6. The van der Waals surface area contributed by atoms with Crippen molar-refractivity contribution in [3.63, 3.8) is 0 Å². The van der Waals surface area contributed by atoms with Crippen LogP contribution in [-0.4, -0.2) is 64.6 Å². The maximum absolute atomic E-state index is 10.1. The van der Waals surface area contributed by atoms with E-state index in [1.807, 2.05) is 38.4 Å². The SMILES string of the molecule is CNc1ccc(O)cc1.CNc1ccc(O)cc1.O=C(O)CNc1ccc(O)cc1.O=S(=O)(O)O. The lowest BCUT2D eigenvalue weighted by Crippen LogP contribution is -2.11. The first-order valence-corrected chi connectivity index (χ1v) is 11.1. The zero-order valence-corrected chi connectivity index (χ0v) is 19.8. The van der Waals surface area contributed by atoms with Gasteiger partial charge in [0.1, 0.15) is 23.8 Å². The fourth-order valence-electron chi connectivity index (χ4n) is 2.01. The van der Waals surface area contributed by atoms with Crippen LogP contribution in [0.2, 0.25) is 0 Å². The predicted molar refractivity (Wildman–Crippen MR) is 134 cm³/mol.